The first-order valence-electron chi connectivity index (χ1n) is 8.45. The summed E-state index contributed by atoms with van der Waals surface area (Å²) in [5.41, 5.74) is -0.794. The quantitative estimate of drug-likeness (QED) is 0.265. The third kappa shape index (κ3) is 10.2. The van der Waals surface area contributed by atoms with Crippen molar-refractivity contribution in [1.82, 2.24) is 0 Å². The fourth-order valence-corrected chi connectivity index (χ4v) is 2.75. The van der Waals surface area contributed by atoms with Crippen LogP contribution in [0, 0.1) is 0 Å². The molecule has 0 N–H and O–H groups in total. The number of carbonyl (C=O) groups excluding carboxylic acids is 1. The minimum Gasteiger partial charge on any atom is -0.298 e. The second kappa shape index (κ2) is 8.81. The highest BCUT2D eigenvalue weighted by molar-refractivity contribution is 8.00. The summed E-state index contributed by atoms with van der Waals surface area (Å²) in [5.74, 6) is -0.402. The topological polar surface area (TPSA) is 60.2 Å². The molecule has 1 aromatic carbocycles. The fourth-order valence-electron chi connectivity index (χ4n) is 1.67. The fraction of sp³-hybridized carbons (Fsp3) is 0.632. The summed E-state index contributed by atoms with van der Waals surface area (Å²) in [7, 11) is 0. The molecule has 5 nitrogen and oxygen atoms in total. The Hall–Kier alpha value is -1.40. The van der Waals surface area contributed by atoms with E-state index >= 15 is 0 Å². The van der Waals surface area contributed by atoms with Gasteiger partial charge in [-0.25, -0.2) is 4.79 Å². The van der Waals surface area contributed by atoms with Gasteiger partial charge in [-0.2, -0.15) is 15.1 Å². The van der Waals surface area contributed by atoms with E-state index in [0.717, 1.165) is 4.90 Å². The van der Waals surface area contributed by atoms with Crippen LogP contribution in [0.5, 0.6) is 0 Å². The maximum Gasteiger partial charge on any atom is 0.342 e. The molecule has 140 valence electrons. The molecule has 1 unspecified atom stereocenters. The van der Waals surface area contributed by atoms with Gasteiger partial charge in [0.05, 0.1) is 12.0 Å². The van der Waals surface area contributed by atoms with Gasteiger partial charge in [-0.1, -0.05) is 30.0 Å². The molecule has 0 saturated carbocycles. The lowest BCUT2D eigenvalue weighted by Crippen LogP contribution is -2.24. The molecule has 0 amide bonds. The van der Waals surface area contributed by atoms with E-state index in [1.165, 1.54) is 0 Å². The summed E-state index contributed by atoms with van der Waals surface area (Å²) in [6, 6.07) is 9.98. The van der Waals surface area contributed by atoms with Crippen LogP contribution in [0.1, 0.15) is 61.3 Å². The highest BCUT2D eigenvalue weighted by atomic mass is 32.2. The molecule has 0 bridgehead atoms. The Balaban J connectivity index is 2.77. The zero-order valence-electron chi connectivity index (χ0n) is 16.3. The van der Waals surface area contributed by atoms with Gasteiger partial charge >= 0.3 is 5.97 Å². The van der Waals surface area contributed by atoms with Crippen LogP contribution in [-0.2, 0) is 14.6 Å². The molecule has 0 radical (unpaired) electrons. The predicted octanol–water partition coefficient (Wildman–Crippen LogP) is 5.80. The summed E-state index contributed by atoms with van der Waals surface area (Å²) in [4.78, 5) is 22.4. The minimum atomic E-state index is -0.560. The Morgan fingerprint density at radius 1 is 1.00 bits per heavy atom. The minimum absolute atomic E-state index is 0.204. The van der Waals surface area contributed by atoms with Crippen LogP contribution in [-0.4, -0.2) is 22.0 Å². The normalized spacial score (nSPS) is 15.2. The first kappa shape index (κ1) is 21.6. The van der Waals surface area contributed by atoms with Crippen LogP contribution in [0.3, 0.4) is 0 Å². The van der Waals surface area contributed by atoms with E-state index in [1.54, 1.807) is 11.8 Å². The molecule has 0 aliphatic carbocycles. The number of hydrogen-bond donors (Lipinski definition) is 0. The van der Waals surface area contributed by atoms with Crippen LogP contribution in [0.15, 0.2) is 45.5 Å². The van der Waals surface area contributed by atoms with Crippen LogP contribution >= 0.6 is 11.8 Å². The number of rotatable bonds is 7. The van der Waals surface area contributed by atoms with Crippen molar-refractivity contribution in [2.45, 2.75) is 82.2 Å². The molecule has 0 aliphatic rings. The van der Waals surface area contributed by atoms with Crippen molar-refractivity contribution in [2.24, 2.45) is 10.2 Å². The van der Waals surface area contributed by atoms with E-state index in [1.807, 2.05) is 78.8 Å². The lowest BCUT2D eigenvalue weighted by molar-refractivity contribution is -0.320. The van der Waals surface area contributed by atoms with Crippen LogP contribution in [0.25, 0.3) is 0 Å². The van der Waals surface area contributed by atoms with Crippen molar-refractivity contribution in [2.75, 3.05) is 0 Å². The van der Waals surface area contributed by atoms with Gasteiger partial charge in [0.2, 0.25) is 0 Å². The number of thioether (sulfide) groups is 1. The average Bonchev–Trinajstić information content (AvgIpc) is 2.49. The van der Waals surface area contributed by atoms with Gasteiger partial charge in [-0.05, 0) is 67.0 Å². The summed E-state index contributed by atoms with van der Waals surface area (Å²) in [6.07, 6.45) is 0.702. The van der Waals surface area contributed by atoms with Crippen molar-refractivity contribution in [1.29, 1.82) is 0 Å². The molecule has 1 rings (SSSR count). The molecule has 1 aromatic rings. The van der Waals surface area contributed by atoms with E-state index in [2.05, 4.69) is 10.2 Å². The second-order valence-corrected chi connectivity index (χ2v) is 9.67. The molecular formula is C19H30N2O3S. The van der Waals surface area contributed by atoms with E-state index < -0.39 is 16.4 Å². The lowest BCUT2D eigenvalue weighted by Gasteiger charge is -2.25. The standard InChI is InChI=1S/C19H30N2O3S/c1-17(2,3)20-21-19(7,25-15-11-9-8-10-12-15)14-13-16(22)23-24-18(4,5)6/h8-12H,13-14H2,1-7H3. The van der Waals surface area contributed by atoms with Crippen LogP contribution < -0.4 is 0 Å². The van der Waals surface area contributed by atoms with Gasteiger partial charge in [0.1, 0.15) is 10.5 Å². The monoisotopic (exact) mass is 366 g/mol. The first-order chi connectivity index (χ1) is 11.4. The number of nitrogens with zero attached hydrogens (tertiary/aromatic N) is 2. The highest BCUT2D eigenvalue weighted by Crippen LogP contribution is 2.38. The summed E-state index contributed by atoms with van der Waals surface area (Å²) in [5, 5.41) is 8.95. The average molecular weight is 367 g/mol. The molecule has 0 aromatic heterocycles. The maximum atomic E-state index is 12.0. The van der Waals surface area contributed by atoms with E-state index in [0.29, 0.717) is 6.42 Å². The largest absolute Gasteiger partial charge is 0.342 e. The smallest absolute Gasteiger partial charge is 0.298 e. The number of benzene rings is 1. The van der Waals surface area contributed by atoms with E-state index in [4.69, 9.17) is 9.78 Å². The van der Waals surface area contributed by atoms with Gasteiger partial charge in [-0.15, -0.1) is 0 Å². The number of carbonyl (C=O) groups is 1. The van der Waals surface area contributed by atoms with Crippen molar-refractivity contribution in [3.8, 4) is 0 Å². The molecular weight excluding hydrogens is 336 g/mol. The van der Waals surface area contributed by atoms with Crippen molar-refractivity contribution >= 4 is 17.7 Å². The van der Waals surface area contributed by atoms with Crippen molar-refractivity contribution in [3.63, 3.8) is 0 Å². The Morgan fingerprint density at radius 3 is 2.12 bits per heavy atom. The van der Waals surface area contributed by atoms with Crippen LogP contribution in [0.2, 0.25) is 0 Å². The Kier molecular flexibility index (Phi) is 7.62. The maximum absolute atomic E-state index is 12.0. The SMILES string of the molecule is CC(C)(C)N=NC(C)(CCC(=O)OOC(C)(C)C)Sc1ccccc1. The Labute approximate surface area is 155 Å². The Bertz CT molecular complexity index is 577. The molecule has 6 heteroatoms. The zero-order chi connectivity index (χ0) is 19.1. The Morgan fingerprint density at radius 2 is 1.60 bits per heavy atom. The third-order valence-corrected chi connectivity index (χ3v) is 4.05. The van der Waals surface area contributed by atoms with Crippen molar-refractivity contribution in [3.05, 3.63) is 30.3 Å². The lowest BCUT2D eigenvalue weighted by atomic mass is 10.1. The van der Waals surface area contributed by atoms with Gasteiger partial charge in [-0.3, -0.25) is 4.89 Å². The van der Waals surface area contributed by atoms with Crippen LogP contribution in [0.4, 0.5) is 0 Å². The van der Waals surface area contributed by atoms with Crippen molar-refractivity contribution < 1.29 is 14.6 Å². The molecule has 1 atom stereocenters. The molecule has 0 aliphatic heterocycles. The first-order valence-corrected chi connectivity index (χ1v) is 9.27. The highest BCUT2D eigenvalue weighted by Gasteiger charge is 2.28. The second-order valence-electron chi connectivity index (χ2n) is 8.11. The van der Waals surface area contributed by atoms with Gasteiger partial charge < -0.3 is 0 Å². The van der Waals surface area contributed by atoms with Gasteiger partial charge in [0.15, 0.2) is 0 Å². The van der Waals surface area contributed by atoms with Gasteiger partial charge in [0.25, 0.3) is 0 Å². The zero-order valence-corrected chi connectivity index (χ0v) is 17.1. The van der Waals surface area contributed by atoms with Gasteiger partial charge in [0, 0.05) is 4.90 Å². The number of hydrogen-bond acceptors (Lipinski definition) is 6. The van der Waals surface area contributed by atoms with E-state index in [9.17, 15) is 4.79 Å². The third-order valence-electron chi connectivity index (χ3n) is 2.82. The molecule has 0 saturated heterocycles. The summed E-state index contributed by atoms with van der Waals surface area (Å²) in [6.45, 7) is 13.5. The summed E-state index contributed by atoms with van der Waals surface area (Å²) < 4.78 is 0. The molecule has 0 heterocycles. The van der Waals surface area contributed by atoms with E-state index in [-0.39, 0.29) is 12.0 Å². The number of azo groups is 1. The molecule has 0 spiro atoms. The predicted molar refractivity (Wildman–Crippen MR) is 101 cm³/mol. The molecule has 25 heavy (non-hydrogen) atoms. The molecule has 0 fully saturated rings. The summed E-state index contributed by atoms with van der Waals surface area (Å²) >= 11 is 1.59.